The van der Waals surface area contributed by atoms with Crippen molar-refractivity contribution in [3.05, 3.63) is 23.2 Å². The van der Waals surface area contributed by atoms with Gasteiger partial charge in [0.25, 0.3) is 0 Å². The van der Waals surface area contributed by atoms with E-state index in [4.69, 9.17) is 16.7 Å². The second-order valence-electron chi connectivity index (χ2n) is 1.61. The molecule has 2 nitrogen and oxygen atoms in total. The van der Waals surface area contributed by atoms with E-state index in [2.05, 4.69) is 0 Å². The summed E-state index contributed by atoms with van der Waals surface area (Å²) in [5, 5.41) is 19.3. The van der Waals surface area contributed by atoms with Crippen LogP contribution in [-0.2, 0) is 5.11 Å². The molecular formula is C6H4ClO2. The molecule has 1 N–H and O–H groups in total. The molecule has 0 spiro atoms. The van der Waals surface area contributed by atoms with E-state index in [-0.39, 0.29) is 16.5 Å². The zero-order valence-corrected chi connectivity index (χ0v) is 5.22. The second kappa shape index (κ2) is 2.15. The van der Waals surface area contributed by atoms with Crippen LogP contribution in [0.3, 0.4) is 0 Å². The van der Waals surface area contributed by atoms with Gasteiger partial charge >= 0.3 is 0 Å². The summed E-state index contributed by atoms with van der Waals surface area (Å²) in [5.74, 6) is -0.255. The van der Waals surface area contributed by atoms with Crippen LogP contribution in [0.2, 0.25) is 5.02 Å². The van der Waals surface area contributed by atoms with Gasteiger partial charge in [0.1, 0.15) is 5.75 Å². The molecule has 0 heterocycles. The van der Waals surface area contributed by atoms with Crippen LogP contribution < -0.4 is 0 Å². The van der Waals surface area contributed by atoms with E-state index in [0.29, 0.717) is 0 Å². The monoisotopic (exact) mass is 143 g/mol. The Morgan fingerprint density at radius 3 is 2.56 bits per heavy atom. The Kier molecular flexibility index (Phi) is 1.49. The van der Waals surface area contributed by atoms with E-state index in [1.807, 2.05) is 0 Å². The molecule has 9 heavy (non-hydrogen) atoms. The SMILES string of the molecule is [O]c1ccc(O)cc1Cl. The highest BCUT2D eigenvalue weighted by Crippen LogP contribution is 2.26. The van der Waals surface area contributed by atoms with Crippen molar-refractivity contribution in [3.8, 4) is 11.5 Å². The summed E-state index contributed by atoms with van der Waals surface area (Å²) in [5.41, 5.74) is 0. The van der Waals surface area contributed by atoms with Crippen LogP contribution >= 0.6 is 11.6 Å². The lowest BCUT2D eigenvalue weighted by molar-refractivity contribution is 0.354. The first-order valence-corrected chi connectivity index (χ1v) is 2.73. The molecule has 0 aliphatic carbocycles. The highest BCUT2D eigenvalue weighted by Gasteiger charge is 1.98. The van der Waals surface area contributed by atoms with Crippen molar-refractivity contribution < 1.29 is 10.2 Å². The molecule has 0 fully saturated rings. The van der Waals surface area contributed by atoms with Gasteiger partial charge in [0.2, 0.25) is 0 Å². The molecule has 0 saturated carbocycles. The lowest BCUT2D eigenvalue weighted by Crippen LogP contribution is -1.65. The van der Waals surface area contributed by atoms with Gasteiger partial charge in [0, 0.05) is 6.07 Å². The third-order valence-corrected chi connectivity index (χ3v) is 1.21. The Hall–Kier alpha value is -0.890. The van der Waals surface area contributed by atoms with Gasteiger partial charge in [-0.15, -0.1) is 0 Å². The summed E-state index contributed by atoms with van der Waals surface area (Å²) in [4.78, 5) is 0. The highest BCUT2D eigenvalue weighted by atomic mass is 35.5. The average molecular weight is 144 g/mol. The number of rotatable bonds is 0. The predicted octanol–water partition coefficient (Wildman–Crippen LogP) is 2.19. The van der Waals surface area contributed by atoms with Gasteiger partial charge in [-0.2, -0.15) is 0 Å². The molecule has 3 heteroatoms. The molecule has 1 radical (unpaired) electrons. The average Bonchev–Trinajstić information content (AvgIpc) is 1.80. The van der Waals surface area contributed by atoms with Crippen LogP contribution in [0.4, 0.5) is 0 Å². The fraction of sp³-hybridized carbons (Fsp3) is 0. The largest absolute Gasteiger partial charge is 0.508 e. The summed E-state index contributed by atoms with van der Waals surface area (Å²) in [6.07, 6.45) is 0. The Balaban J connectivity index is 3.17. The zero-order chi connectivity index (χ0) is 6.85. The van der Waals surface area contributed by atoms with Gasteiger partial charge in [0.05, 0.1) is 5.02 Å². The van der Waals surface area contributed by atoms with Crippen LogP contribution in [-0.4, -0.2) is 5.11 Å². The minimum absolute atomic E-state index is 0.0135. The summed E-state index contributed by atoms with van der Waals surface area (Å²) in [6, 6.07) is 3.73. The molecule has 1 aromatic carbocycles. The fourth-order valence-corrected chi connectivity index (χ4v) is 0.665. The van der Waals surface area contributed by atoms with Gasteiger partial charge < -0.3 is 5.11 Å². The maximum Gasteiger partial charge on any atom is 0.197 e. The summed E-state index contributed by atoms with van der Waals surface area (Å²) in [7, 11) is 0. The van der Waals surface area contributed by atoms with Crippen LogP contribution in [0.1, 0.15) is 0 Å². The smallest absolute Gasteiger partial charge is 0.197 e. The topological polar surface area (TPSA) is 40.1 Å². The van der Waals surface area contributed by atoms with Crippen LogP contribution in [0.5, 0.6) is 11.5 Å². The Bertz CT molecular complexity index is 222. The fourth-order valence-electron chi connectivity index (χ4n) is 0.490. The van der Waals surface area contributed by atoms with Crippen LogP contribution in [0.25, 0.3) is 0 Å². The van der Waals surface area contributed by atoms with E-state index < -0.39 is 0 Å². The van der Waals surface area contributed by atoms with Gasteiger partial charge in [-0.25, -0.2) is 0 Å². The number of hydrogen-bond acceptors (Lipinski definition) is 1. The quantitative estimate of drug-likeness (QED) is 0.594. The van der Waals surface area contributed by atoms with Crippen molar-refractivity contribution in [1.82, 2.24) is 0 Å². The first-order valence-electron chi connectivity index (χ1n) is 2.35. The summed E-state index contributed by atoms with van der Waals surface area (Å²) >= 11 is 5.34. The zero-order valence-electron chi connectivity index (χ0n) is 4.47. The number of aromatic hydroxyl groups is 1. The molecule has 1 aromatic rings. The van der Waals surface area contributed by atoms with E-state index in [1.54, 1.807) is 0 Å². The first-order chi connectivity index (χ1) is 4.20. The molecule has 1 rings (SSSR count). The molecule has 0 saturated heterocycles. The Morgan fingerprint density at radius 2 is 2.11 bits per heavy atom. The van der Waals surface area contributed by atoms with Crippen molar-refractivity contribution in [3.63, 3.8) is 0 Å². The van der Waals surface area contributed by atoms with E-state index in [0.717, 1.165) is 0 Å². The maximum atomic E-state index is 10.5. The highest BCUT2D eigenvalue weighted by molar-refractivity contribution is 6.32. The lowest BCUT2D eigenvalue weighted by atomic mass is 10.3. The molecule has 0 atom stereocenters. The Labute approximate surface area is 57.3 Å². The van der Waals surface area contributed by atoms with Gasteiger partial charge in [0.15, 0.2) is 5.75 Å². The molecule has 47 valence electrons. The maximum absolute atomic E-state index is 10.5. The van der Waals surface area contributed by atoms with Crippen LogP contribution in [0, 0.1) is 0 Å². The second-order valence-corrected chi connectivity index (χ2v) is 2.02. The molecular weight excluding hydrogens is 140 g/mol. The van der Waals surface area contributed by atoms with Crippen LogP contribution in [0.15, 0.2) is 18.2 Å². The molecule has 0 aromatic heterocycles. The van der Waals surface area contributed by atoms with Crippen molar-refractivity contribution in [1.29, 1.82) is 0 Å². The number of benzene rings is 1. The van der Waals surface area contributed by atoms with Gasteiger partial charge in [-0.1, -0.05) is 11.6 Å². The molecule has 0 bridgehead atoms. The van der Waals surface area contributed by atoms with E-state index in [9.17, 15) is 5.11 Å². The lowest BCUT2D eigenvalue weighted by Gasteiger charge is -1.91. The van der Waals surface area contributed by atoms with Crippen molar-refractivity contribution in [2.75, 3.05) is 0 Å². The number of phenolic OH excluding ortho intramolecular Hbond substituents is 1. The molecule has 0 amide bonds. The normalized spacial score (nSPS) is 9.44. The Morgan fingerprint density at radius 1 is 1.44 bits per heavy atom. The number of phenols is 1. The van der Waals surface area contributed by atoms with Crippen molar-refractivity contribution in [2.24, 2.45) is 0 Å². The standard InChI is InChI=1S/C6H4ClO2/c7-5-3-4(8)1-2-6(5)9/h1-3,8H. The first kappa shape index (κ1) is 6.23. The minimum Gasteiger partial charge on any atom is -0.508 e. The molecule has 0 aliphatic heterocycles. The summed E-state index contributed by atoms with van der Waals surface area (Å²) in [6.45, 7) is 0. The van der Waals surface area contributed by atoms with Gasteiger partial charge in [-0.05, 0) is 12.1 Å². The van der Waals surface area contributed by atoms with Crippen molar-refractivity contribution in [2.45, 2.75) is 0 Å². The van der Waals surface area contributed by atoms with E-state index in [1.165, 1.54) is 18.2 Å². The van der Waals surface area contributed by atoms with Crippen molar-refractivity contribution >= 4 is 11.6 Å². The minimum atomic E-state index is -0.269. The summed E-state index contributed by atoms with van der Waals surface area (Å²) < 4.78 is 0. The number of halogens is 1. The molecule has 0 unspecified atom stereocenters. The van der Waals surface area contributed by atoms with Gasteiger partial charge in [-0.3, -0.25) is 5.11 Å². The number of hydrogen-bond donors (Lipinski definition) is 1. The molecule has 0 aliphatic rings. The van der Waals surface area contributed by atoms with E-state index >= 15 is 0 Å². The third-order valence-electron chi connectivity index (χ3n) is 0.915. The third kappa shape index (κ3) is 1.27. The predicted molar refractivity (Wildman–Crippen MR) is 33.2 cm³/mol.